The average molecular weight is 341 g/mol. The number of anilines is 2. The Bertz CT molecular complexity index is 692. The van der Waals surface area contributed by atoms with Crippen molar-refractivity contribution >= 4 is 23.4 Å². The van der Waals surface area contributed by atoms with Crippen molar-refractivity contribution < 1.29 is 4.79 Å². The summed E-state index contributed by atoms with van der Waals surface area (Å²) < 4.78 is 0. The third kappa shape index (κ3) is 4.25. The maximum atomic E-state index is 11.6. The van der Waals surface area contributed by atoms with Gasteiger partial charge in [0.25, 0.3) is 0 Å². The summed E-state index contributed by atoms with van der Waals surface area (Å²) in [6.45, 7) is 1.61. The maximum absolute atomic E-state index is 11.6. The molecule has 2 bridgehead atoms. The molecule has 2 saturated carbocycles. The molecule has 8 nitrogen and oxygen atoms in total. The minimum Gasteiger partial charge on any atom is -0.324 e. The molecule has 1 heterocycles. The largest absolute Gasteiger partial charge is 0.324 e. The third-order valence-electron chi connectivity index (χ3n) is 4.86. The lowest BCUT2D eigenvalue weighted by molar-refractivity contribution is -0.117. The van der Waals surface area contributed by atoms with Crippen molar-refractivity contribution in [2.45, 2.75) is 44.7 Å². The molecule has 1 aromatic rings. The summed E-state index contributed by atoms with van der Waals surface area (Å²) in [6.07, 6.45) is 8.39. The van der Waals surface area contributed by atoms with Gasteiger partial charge in [0, 0.05) is 0 Å². The van der Waals surface area contributed by atoms with Crippen LogP contribution in [0.2, 0.25) is 0 Å². The number of carbonyl (C=O) groups is 1. The molecule has 0 radical (unpaired) electrons. The summed E-state index contributed by atoms with van der Waals surface area (Å²) in [6, 6.07) is 3.11. The highest BCUT2D eigenvalue weighted by atomic mass is 16.2. The molecule has 0 aliphatic heterocycles. The Morgan fingerprint density at radius 1 is 1.40 bits per heavy atom. The van der Waals surface area contributed by atoms with Gasteiger partial charge in [-0.25, -0.2) is 9.98 Å². The molecule has 0 aromatic carbocycles. The molecule has 132 valence electrons. The van der Waals surface area contributed by atoms with Crippen molar-refractivity contribution in [1.82, 2.24) is 10.3 Å². The molecular formula is C17H23N7O. The van der Waals surface area contributed by atoms with Crippen LogP contribution < -0.4 is 21.7 Å². The Balaban J connectivity index is 1.64. The fraction of sp³-hybridized carbons (Fsp3) is 0.529. The summed E-state index contributed by atoms with van der Waals surface area (Å²) >= 11 is 0. The SMILES string of the molecule is C[C@@H](N)C(=O)Nc1ccc(NC(=N[C@H]2C[C@@H]3CC[C@H]2C3)NC#N)cn1. The summed E-state index contributed by atoms with van der Waals surface area (Å²) in [7, 11) is 0. The summed E-state index contributed by atoms with van der Waals surface area (Å²) in [5, 5.41) is 17.3. The first kappa shape index (κ1) is 17.2. The molecule has 1 amide bonds. The number of hydrogen-bond acceptors (Lipinski definition) is 5. The second kappa shape index (κ2) is 7.49. The van der Waals surface area contributed by atoms with Gasteiger partial charge >= 0.3 is 0 Å². The molecule has 2 aliphatic carbocycles. The van der Waals surface area contributed by atoms with Gasteiger partial charge in [-0.3, -0.25) is 10.1 Å². The zero-order chi connectivity index (χ0) is 17.8. The highest BCUT2D eigenvalue weighted by Crippen LogP contribution is 2.45. The van der Waals surface area contributed by atoms with Crippen LogP contribution in [-0.2, 0) is 4.79 Å². The van der Waals surface area contributed by atoms with Crippen molar-refractivity contribution in [3.05, 3.63) is 18.3 Å². The van der Waals surface area contributed by atoms with E-state index in [2.05, 4.69) is 20.9 Å². The number of fused-ring (bicyclic) bond motifs is 2. The standard InChI is InChI=1S/C17H23N7O/c1-10(19)16(25)24-15-5-4-13(8-20-15)22-17(21-9-18)23-14-7-11-2-3-12(14)6-11/h4-5,8,10-12,14H,2-3,6-7,19H2,1H3,(H,20,24,25)(H2,21,22,23)/t10-,11-,12+,14+/m1/s1. The second-order valence-electron chi connectivity index (χ2n) is 6.79. The lowest BCUT2D eigenvalue weighted by Gasteiger charge is -2.19. The Hall–Kier alpha value is -2.66. The fourth-order valence-corrected chi connectivity index (χ4v) is 3.60. The number of rotatable bonds is 4. The Morgan fingerprint density at radius 3 is 2.80 bits per heavy atom. The number of carbonyl (C=O) groups excluding carboxylic acids is 1. The molecule has 25 heavy (non-hydrogen) atoms. The van der Waals surface area contributed by atoms with Crippen LogP contribution in [-0.4, -0.2) is 28.9 Å². The number of nitriles is 1. The van der Waals surface area contributed by atoms with E-state index in [4.69, 9.17) is 16.0 Å². The number of nitrogens with one attached hydrogen (secondary N) is 3. The molecule has 2 fully saturated rings. The van der Waals surface area contributed by atoms with Crippen LogP contribution in [0.25, 0.3) is 0 Å². The van der Waals surface area contributed by atoms with Crippen LogP contribution in [0.3, 0.4) is 0 Å². The number of pyridine rings is 1. The molecular weight excluding hydrogens is 318 g/mol. The molecule has 0 saturated heterocycles. The molecule has 3 rings (SSSR count). The summed E-state index contributed by atoms with van der Waals surface area (Å²) in [5.41, 5.74) is 6.19. The number of aromatic nitrogens is 1. The third-order valence-corrected chi connectivity index (χ3v) is 4.86. The van der Waals surface area contributed by atoms with Crippen LogP contribution in [0, 0.1) is 23.3 Å². The minimum atomic E-state index is -0.597. The maximum Gasteiger partial charge on any atom is 0.242 e. The number of nitrogens with two attached hydrogens (primary N) is 1. The van der Waals surface area contributed by atoms with Gasteiger partial charge in [0.1, 0.15) is 5.82 Å². The van der Waals surface area contributed by atoms with E-state index in [-0.39, 0.29) is 11.9 Å². The predicted molar refractivity (Wildman–Crippen MR) is 95.6 cm³/mol. The monoisotopic (exact) mass is 341 g/mol. The second-order valence-corrected chi connectivity index (χ2v) is 6.79. The van der Waals surface area contributed by atoms with E-state index in [1.807, 2.05) is 6.19 Å². The number of nitrogens with zero attached hydrogens (tertiary/aromatic N) is 3. The Labute approximate surface area is 146 Å². The van der Waals surface area contributed by atoms with E-state index in [0.717, 1.165) is 12.3 Å². The Morgan fingerprint density at radius 2 is 2.24 bits per heavy atom. The van der Waals surface area contributed by atoms with Crippen molar-refractivity contribution in [3.63, 3.8) is 0 Å². The Kier molecular flexibility index (Phi) is 5.14. The van der Waals surface area contributed by atoms with Gasteiger partial charge in [0.15, 0.2) is 6.19 Å². The van der Waals surface area contributed by atoms with E-state index < -0.39 is 6.04 Å². The van der Waals surface area contributed by atoms with Gasteiger partial charge in [-0.05, 0) is 50.2 Å². The van der Waals surface area contributed by atoms with Gasteiger partial charge in [-0.2, -0.15) is 5.26 Å². The van der Waals surface area contributed by atoms with Crippen LogP contribution >= 0.6 is 0 Å². The molecule has 0 unspecified atom stereocenters. The first-order chi connectivity index (χ1) is 12.0. The smallest absolute Gasteiger partial charge is 0.242 e. The predicted octanol–water partition coefficient (Wildman–Crippen LogP) is 1.39. The van der Waals surface area contributed by atoms with Crippen LogP contribution in [0.5, 0.6) is 0 Å². The number of amides is 1. The summed E-state index contributed by atoms with van der Waals surface area (Å²) in [4.78, 5) is 20.4. The van der Waals surface area contributed by atoms with E-state index in [1.165, 1.54) is 19.3 Å². The lowest BCUT2D eigenvalue weighted by atomic mass is 9.96. The van der Waals surface area contributed by atoms with E-state index >= 15 is 0 Å². The highest BCUT2D eigenvalue weighted by Gasteiger charge is 2.39. The van der Waals surface area contributed by atoms with Crippen LogP contribution in [0.4, 0.5) is 11.5 Å². The van der Waals surface area contributed by atoms with Crippen molar-refractivity contribution in [1.29, 1.82) is 5.26 Å². The van der Waals surface area contributed by atoms with Gasteiger partial charge in [-0.15, -0.1) is 0 Å². The van der Waals surface area contributed by atoms with Crippen molar-refractivity contribution in [2.24, 2.45) is 22.6 Å². The zero-order valence-electron chi connectivity index (χ0n) is 14.2. The molecule has 5 N–H and O–H groups in total. The quantitative estimate of drug-likeness (QED) is 0.283. The summed E-state index contributed by atoms with van der Waals surface area (Å²) in [5.74, 6) is 1.99. The normalized spacial score (nSPS) is 26.0. The van der Waals surface area contributed by atoms with Gasteiger partial charge < -0.3 is 16.4 Å². The molecule has 1 aromatic heterocycles. The zero-order valence-corrected chi connectivity index (χ0v) is 14.2. The first-order valence-electron chi connectivity index (χ1n) is 8.57. The van der Waals surface area contributed by atoms with Gasteiger partial charge in [0.2, 0.25) is 11.9 Å². The molecule has 0 spiro atoms. The topological polar surface area (TPSA) is 128 Å². The van der Waals surface area contributed by atoms with Gasteiger partial charge in [0.05, 0.1) is 24.0 Å². The molecule has 4 atom stereocenters. The van der Waals surface area contributed by atoms with Crippen LogP contribution in [0.15, 0.2) is 23.3 Å². The van der Waals surface area contributed by atoms with Crippen molar-refractivity contribution in [3.8, 4) is 6.19 Å². The van der Waals surface area contributed by atoms with E-state index in [0.29, 0.717) is 23.4 Å². The number of hydrogen-bond donors (Lipinski definition) is 4. The van der Waals surface area contributed by atoms with E-state index in [1.54, 1.807) is 25.3 Å². The van der Waals surface area contributed by atoms with Gasteiger partial charge in [-0.1, -0.05) is 6.42 Å². The molecule has 2 aliphatic rings. The van der Waals surface area contributed by atoms with Crippen LogP contribution in [0.1, 0.15) is 32.6 Å². The highest BCUT2D eigenvalue weighted by molar-refractivity contribution is 5.95. The van der Waals surface area contributed by atoms with E-state index in [9.17, 15) is 4.79 Å². The fourth-order valence-electron chi connectivity index (χ4n) is 3.60. The average Bonchev–Trinajstić information content (AvgIpc) is 3.19. The first-order valence-corrected chi connectivity index (χ1v) is 8.57. The molecule has 8 heteroatoms. The van der Waals surface area contributed by atoms with Crippen molar-refractivity contribution in [2.75, 3.05) is 10.6 Å². The lowest BCUT2D eigenvalue weighted by Crippen LogP contribution is -2.32. The number of aliphatic imine (C=N–C) groups is 1. The minimum absolute atomic E-state index is 0.277. The number of guanidine groups is 1.